The summed E-state index contributed by atoms with van der Waals surface area (Å²) in [5.41, 5.74) is 2.73. The Morgan fingerprint density at radius 2 is 1.97 bits per heavy atom. The van der Waals surface area contributed by atoms with Crippen molar-refractivity contribution < 1.29 is 18.7 Å². The summed E-state index contributed by atoms with van der Waals surface area (Å²) in [6, 6.07) is 11.2. The summed E-state index contributed by atoms with van der Waals surface area (Å²) in [5.74, 6) is -0.460. The quantitative estimate of drug-likeness (QED) is 0.322. The van der Waals surface area contributed by atoms with E-state index in [1.54, 1.807) is 43.8 Å². The van der Waals surface area contributed by atoms with E-state index in [4.69, 9.17) is 4.74 Å². The average Bonchev–Trinajstić information content (AvgIpc) is 3.16. The van der Waals surface area contributed by atoms with Crippen molar-refractivity contribution in [2.24, 2.45) is 0 Å². The van der Waals surface area contributed by atoms with Gasteiger partial charge in [-0.3, -0.25) is 9.69 Å². The van der Waals surface area contributed by atoms with Crippen molar-refractivity contribution in [3.8, 4) is 11.1 Å². The lowest BCUT2D eigenvalue weighted by molar-refractivity contribution is -0.149. The van der Waals surface area contributed by atoms with E-state index in [9.17, 15) is 14.0 Å². The van der Waals surface area contributed by atoms with Gasteiger partial charge in [-0.2, -0.15) is 24.4 Å². The zero-order valence-electron chi connectivity index (χ0n) is 21.2. The van der Waals surface area contributed by atoms with Gasteiger partial charge in [-0.1, -0.05) is 30.4 Å². The molecule has 1 aliphatic rings. The maximum absolute atomic E-state index is 13.6. The third kappa shape index (κ3) is 7.85. The Morgan fingerprint density at radius 3 is 2.58 bits per heavy atom. The van der Waals surface area contributed by atoms with E-state index < -0.39 is 12.0 Å². The van der Waals surface area contributed by atoms with Crippen LogP contribution in [0.15, 0.2) is 48.5 Å². The highest BCUT2D eigenvalue weighted by molar-refractivity contribution is 7.98. The molecule has 1 heterocycles. The molecule has 0 aliphatic carbocycles. The third-order valence-corrected chi connectivity index (χ3v) is 7.10. The molecule has 194 valence electrons. The molecular weight excluding hydrogens is 495 g/mol. The van der Waals surface area contributed by atoms with Crippen molar-refractivity contribution in [3.05, 3.63) is 65.5 Å². The van der Waals surface area contributed by atoms with Gasteiger partial charge in [0.05, 0.1) is 6.10 Å². The van der Waals surface area contributed by atoms with E-state index in [0.717, 1.165) is 24.1 Å². The number of hydrogen-bond acceptors (Lipinski definition) is 6. The number of likely N-dealkylation sites (tertiary alicyclic amines) is 1. The lowest BCUT2D eigenvalue weighted by Gasteiger charge is -2.20. The van der Waals surface area contributed by atoms with Crippen LogP contribution in [0.3, 0.4) is 0 Å². The molecule has 3 atom stereocenters. The molecule has 2 aromatic carbocycles. The molecule has 1 fully saturated rings. The molecule has 0 aromatic heterocycles. The number of thiol groups is 1. The first-order chi connectivity index (χ1) is 17.2. The van der Waals surface area contributed by atoms with Crippen LogP contribution < -0.4 is 5.32 Å². The molecule has 0 spiro atoms. The van der Waals surface area contributed by atoms with Gasteiger partial charge in [-0.25, -0.2) is 9.18 Å². The predicted molar refractivity (Wildman–Crippen MR) is 150 cm³/mol. The second kappa shape index (κ2) is 13.3. The van der Waals surface area contributed by atoms with Crippen LogP contribution in [0.4, 0.5) is 4.39 Å². The van der Waals surface area contributed by atoms with Crippen LogP contribution in [0.5, 0.6) is 0 Å². The molecule has 2 aromatic rings. The number of benzene rings is 2. The Hall–Kier alpha value is -2.29. The van der Waals surface area contributed by atoms with Gasteiger partial charge in [-0.05, 0) is 86.7 Å². The largest absolute Gasteiger partial charge is 0.461 e. The zero-order chi connectivity index (χ0) is 26.2. The summed E-state index contributed by atoms with van der Waals surface area (Å²) in [5, 5.41) is 3.22. The molecule has 1 N–H and O–H groups in total. The second-order valence-corrected chi connectivity index (χ2v) is 11.1. The monoisotopic (exact) mass is 530 g/mol. The molecule has 1 amide bonds. The minimum Gasteiger partial charge on any atom is -0.461 e. The molecule has 1 saturated heterocycles. The number of esters is 1. The smallest absolute Gasteiger partial charge is 0.328 e. The fourth-order valence-electron chi connectivity index (χ4n) is 4.22. The summed E-state index contributed by atoms with van der Waals surface area (Å²) in [6.45, 7) is 4.50. The van der Waals surface area contributed by atoms with E-state index in [1.165, 1.54) is 12.1 Å². The number of ether oxygens (including phenoxy) is 1. The minimum atomic E-state index is -0.750. The number of carbonyl (C=O) groups is 2. The second-order valence-electron chi connectivity index (χ2n) is 9.36. The average molecular weight is 531 g/mol. The molecule has 3 rings (SSSR count). The molecule has 36 heavy (non-hydrogen) atoms. The minimum absolute atomic E-state index is 0.274. The number of carbonyl (C=O) groups excluding carboxylic acids is 2. The van der Waals surface area contributed by atoms with Crippen LogP contribution >= 0.6 is 24.4 Å². The number of nitrogens with one attached hydrogen (secondary N) is 1. The standard InChI is InChI=1S/C28H35FN2O3S2/c1-18(2)34-28(33)26(13-14-36-4)30-27(32)24-12-6-19(5-11-22-16-23(35)17-31(22)3)15-25(24)20-7-9-21(29)10-8-20/h5-12,15,18,22-23,26,35H,13-14,16-17H2,1-4H3,(H,30,32)/b11-5+/t22-,23+,26+/m1/s1. The van der Waals surface area contributed by atoms with E-state index in [2.05, 4.69) is 36.0 Å². The summed E-state index contributed by atoms with van der Waals surface area (Å²) in [6.07, 6.45) is 7.31. The van der Waals surface area contributed by atoms with Crippen molar-refractivity contribution >= 4 is 42.3 Å². The van der Waals surface area contributed by atoms with E-state index in [1.807, 2.05) is 24.5 Å². The molecule has 0 bridgehead atoms. The Labute approximate surface area is 223 Å². The number of thioether (sulfide) groups is 1. The van der Waals surface area contributed by atoms with Crippen molar-refractivity contribution in [2.45, 2.75) is 50.1 Å². The van der Waals surface area contributed by atoms with Gasteiger partial charge in [0.25, 0.3) is 5.91 Å². The topological polar surface area (TPSA) is 58.6 Å². The number of likely N-dealkylation sites (N-methyl/N-ethyl adjacent to an activating group) is 1. The Morgan fingerprint density at radius 1 is 1.25 bits per heavy atom. The lowest BCUT2D eigenvalue weighted by atomic mass is 9.96. The van der Waals surface area contributed by atoms with Crippen LogP contribution in [0.25, 0.3) is 17.2 Å². The number of halogens is 1. The third-order valence-electron chi connectivity index (χ3n) is 6.09. The van der Waals surface area contributed by atoms with Crippen molar-refractivity contribution in [2.75, 3.05) is 25.6 Å². The molecule has 1 aliphatic heterocycles. The highest BCUT2D eigenvalue weighted by Crippen LogP contribution is 2.28. The van der Waals surface area contributed by atoms with Crippen LogP contribution in [-0.4, -0.2) is 65.8 Å². The number of amides is 1. The summed E-state index contributed by atoms with van der Waals surface area (Å²) in [4.78, 5) is 28.3. The SMILES string of the molecule is CSCC[C@H](NC(=O)c1ccc(/C=C/[C@@H]2C[C@H](S)CN2C)cc1-c1ccc(F)cc1)C(=O)OC(C)C. The van der Waals surface area contributed by atoms with Crippen molar-refractivity contribution in [1.29, 1.82) is 0 Å². The Bertz CT molecular complexity index is 1070. The van der Waals surface area contributed by atoms with Crippen molar-refractivity contribution in [3.63, 3.8) is 0 Å². The van der Waals surface area contributed by atoms with Gasteiger partial charge >= 0.3 is 5.97 Å². The molecule has 0 unspecified atom stereocenters. The highest BCUT2D eigenvalue weighted by Gasteiger charge is 2.26. The van der Waals surface area contributed by atoms with Gasteiger partial charge in [-0.15, -0.1) is 0 Å². The van der Waals surface area contributed by atoms with Crippen LogP contribution in [0.2, 0.25) is 0 Å². The van der Waals surface area contributed by atoms with E-state index in [-0.39, 0.29) is 17.8 Å². The summed E-state index contributed by atoms with van der Waals surface area (Å²) < 4.78 is 19.0. The van der Waals surface area contributed by atoms with Gasteiger partial charge in [0.2, 0.25) is 0 Å². The molecule has 5 nitrogen and oxygen atoms in total. The highest BCUT2D eigenvalue weighted by atomic mass is 32.2. The van der Waals surface area contributed by atoms with E-state index >= 15 is 0 Å². The van der Waals surface area contributed by atoms with Crippen molar-refractivity contribution in [1.82, 2.24) is 10.2 Å². The van der Waals surface area contributed by atoms with Gasteiger partial charge < -0.3 is 10.1 Å². The first kappa shape index (κ1) is 28.3. The number of rotatable bonds is 10. The van der Waals surface area contributed by atoms with Crippen LogP contribution in [0, 0.1) is 5.82 Å². The first-order valence-corrected chi connectivity index (χ1v) is 14.1. The fraction of sp³-hybridized carbons (Fsp3) is 0.429. The maximum atomic E-state index is 13.6. The fourth-order valence-corrected chi connectivity index (χ4v) is 5.16. The summed E-state index contributed by atoms with van der Waals surface area (Å²) in [7, 11) is 2.08. The Kier molecular flexibility index (Phi) is 10.5. The molecule has 0 radical (unpaired) electrons. The lowest BCUT2D eigenvalue weighted by Crippen LogP contribution is -2.43. The van der Waals surface area contributed by atoms with Gasteiger partial charge in [0, 0.05) is 23.4 Å². The number of nitrogens with zero attached hydrogens (tertiary/aromatic N) is 1. The van der Waals surface area contributed by atoms with Gasteiger partial charge in [0.1, 0.15) is 11.9 Å². The first-order valence-electron chi connectivity index (χ1n) is 12.1. The van der Waals surface area contributed by atoms with E-state index in [0.29, 0.717) is 34.6 Å². The number of hydrogen-bond donors (Lipinski definition) is 2. The molecular formula is C28H35FN2O3S2. The normalized spacial score (nSPS) is 19.1. The predicted octanol–water partition coefficient (Wildman–Crippen LogP) is 5.31. The summed E-state index contributed by atoms with van der Waals surface area (Å²) >= 11 is 6.19. The molecule has 0 saturated carbocycles. The Balaban J connectivity index is 1.91. The van der Waals surface area contributed by atoms with Crippen LogP contribution in [-0.2, 0) is 9.53 Å². The molecule has 8 heteroatoms. The van der Waals surface area contributed by atoms with Crippen LogP contribution in [0.1, 0.15) is 42.6 Å². The maximum Gasteiger partial charge on any atom is 0.328 e. The van der Waals surface area contributed by atoms with Gasteiger partial charge in [0.15, 0.2) is 0 Å². The zero-order valence-corrected chi connectivity index (χ0v) is 23.0.